The Kier molecular flexibility index (Phi) is 5.70. The number of hydrogen-bond acceptors (Lipinski definition) is 3. The summed E-state index contributed by atoms with van der Waals surface area (Å²) < 4.78 is 5.55. The molecule has 0 aromatic heterocycles. The second-order valence-corrected chi connectivity index (χ2v) is 3.91. The molecule has 0 bridgehead atoms. The molecule has 3 heteroatoms. The molecule has 1 N–H and O–H groups in total. The standard InChI is InChI=1S/C12H21NO2/c1-3-5-6-11(14)12-10-13(7-4-2)8-9-15-12/h11-12,14H,4,6-10H2,1-2H3. The zero-order valence-corrected chi connectivity index (χ0v) is 9.70. The molecule has 1 aliphatic rings. The first-order valence-electron chi connectivity index (χ1n) is 5.69. The maximum absolute atomic E-state index is 9.84. The predicted molar refractivity (Wildman–Crippen MR) is 60.5 cm³/mol. The van der Waals surface area contributed by atoms with E-state index >= 15 is 0 Å². The van der Waals surface area contributed by atoms with Crippen molar-refractivity contribution in [1.29, 1.82) is 0 Å². The number of rotatable bonds is 4. The van der Waals surface area contributed by atoms with E-state index in [-0.39, 0.29) is 6.10 Å². The molecule has 1 heterocycles. The SMILES string of the molecule is CC#CCC(O)C1CN(CCC)CCO1. The molecule has 0 amide bonds. The minimum absolute atomic E-state index is 0.0638. The van der Waals surface area contributed by atoms with Crippen molar-refractivity contribution in [2.75, 3.05) is 26.2 Å². The predicted octanol–water partition coefficient (Wildman–Crippen LogP) is 0.871. The van der Waals surface area contributed by atoms with Crippen LogP contribution in [0.4, 0.5) is 0 Å². The molecule has 2 unspecified atom stereocenters. The van der Waals surface area contributed by atoms with E-state index in [1.165, 1.54) is 0 Å². The van der Waals surface area contributed by atoms with Crippen LogP contribution in [0.1, 0.15) is 26.7 Å². The van der Waals surface area contributed by atoms with Crippen LogP contribution in [0.15, 0.2) is 0 Å². The lowest BCUT2D eigenvalue weighted by Crippen LogP contribution is -2.47. The van der Waals surface area contributed by atoms with Crippen molar-refractivity contribution in [1.82, 2.24) is 4.90 Å². The van der Waals surface area contributed by atoms with E-state index in [4.69, 9.17) is 4.74 Å². The van der Waals surface area contributed by atoms with Crippen LogP contribution in [0.25, 0.3) is 0 Å². The Bertz CT molecular complexity index is 230. The van der Waals surface area contributed by atoms with E-state index in [9.17, 15) is 5.11 Å². The van der Waals surface area contributed by atoms with Crippen LogP contribution in [0.3, 0.4) is 0 Å². The van der Waals surface area contributed by atoms with Gasteiger partial charge >= 0.3 is 0 Å². The van der Waals surface area contributed by atoms with E-state index in [1.807, 2.05) is 0 Å². The summed E-state index contributed by atoms with van der Waals surface area (Å²) in [5, 5.41) is 9.84. The Balaban J connectivity index is 2.36. The minimum Gasteiger partial charge on any atom is -0.389 e. The highest BCUT2D eigenvalue weighted by molar-refractivity contribution is 4.98. The van der Waals surface area contributed by atoms with Crippen molar-refractivity contribution in [3.8, 4) is 11.8 Å². The maximum atomic E-state index is 9.84. The summed E-state index contributed by atoms with van der Waals surface area (Å²) in [6, 6.07) is 0. The van der Waals surface area contributed by atoms with E-state index in [1.54, 1.807) is 6.92 Å². The van der Waals surface area contributed by atoms with Gasteiger partial charge < -0.3 is 9.84 Å². The van der Waals surface area contributed by atoms with E-state index in [0.29, 0.717) is 6.42 Å². The largest absolute Gasteiger partial charge is 0.389 e. The van der Waals surface area contributed by atoms with Gasteiger partial charge in [-0.2, -0.15) is 0 Å². The van der Waals surface area contributed by atoms with Crippen molar-refractivity contribution in [3.63, 3.8) is 0 Å². The third kappa shape index (κ3) is 4.21. The molecule has 1 rings (SSSR count). The minimum atomic E-state index is -0.447. The Morgan fingerprint density at radius 3 is 3.07 bits per heavy atom. The fraction of sp³-hybridized carbons (Fsp3) is 0.833. The molecule has 3 nitrogen and oxygen atoms in total. The highest BCUT2D eigenvalue weighted by Crippen LogP contribution is 2.11. The average Bonchev–Trinajstić information content (AvgIpc) is 2.27. The number of nitrogens with zero attached hydrogens (tertiary/aromatic N) is 1. The number of morpholine rings is 1. The van der Waals surface area contributed by atoms with Crippen LogP contribution in [0, 0.1) is 11.8 Å². The van der Waals surface area contributed by atoms with Gasteiger partial charge in [0, 0.05) is 19.5 Å². The monoisotopic (exact) mass is 211 g/mol. The zero-order valence-electron chi connectivity index (χ0n) is 9.70. The molecule has 0 spiro atoms. The summed E-state index contributed by atoms with van der Waals surface area (Å²) in [5.74, 6) is 5.69. The Morgan fingerprint density at radius 1 is 1.60 bits per heavy atom. The third-order valence-electron chi connectivity index (χ3n) is 2.63. The Labute approximate surface area is 92.4 Å². The Hall–Kier alpha value is -0.560. The van der Waals surface area contributed by atoms with Gasteiger partial charge in [-0.25, -0.2) is 0 Å². The van der Waals surface area contributed by atoms with Gasteiger partial charge in [0.25, 0.3) is 0 Å². The molecule has 0 aliphatic carbocycles. The van der Waals surface area contributed by atoms with Crippen LogP contribution in [0.2, 0.25) is 0 Å². The van der Waals surface area contributed by atoms with Gasteiger partial charge in [-0.1, -0.05) is 6.92 Å². The highest BCUT2D eigenvalue weighted by atomic mass is 16.5. The van der Waals surface area contributed by atoms with Crippen LogP contribution >= 0.6 is 0 Å². The van der Waals surface area contributed by atoms with E-state index in [2.05, 4.69) is 23.7 Å². The van der Waals surface area contributed by atoms with Gasteiger partial charge in [0.2, 0.25) is 0 Å². The van der Waals surface area contributed by atoms with Crippen molar-refractivity contribution in [2.24, 2.45) is 0 Å². The highest BCUT2D eigenvalue weighted by Gasteiger charge is 2.25. The zero-order chi connectivity index (χ0) is 11.1. The first kappa shape index (κ1) is 12.5. The van der Waals surface area contributed by atoms with Crippen LogP contribution in [0.5, 0.6) is 0 Å². The second-order valence-electron chi connectivity index (χ2n) is 3.91. The van der Waals surface area contributed by atoms with E-state index < -0.39 is 6.10 Å². The van der Waals surface area contributed by atoms with E-state index in [0.717, 1.165) is 32.7 Å². The number of aliphatic hydroxyl groups excluding tert-OH is 1. The number of ether oxygens (including phenoxy) is 1. The lowest BCUT2D eigenvalue weighted by atomic mass is 10.1. The molecule has 2 atom stereocenters. The van der Waals surface area contributed by atoms with Crippen LogP contribution in [-0.4, -0.2) is 48.5 Å². The van der Waals surface area contributed by atoms with Gasteiger partial charge in [0.05, 0.1) is 18.8 Å². The second kappa shape index (κ2) is 6.84. The molecular weight excluding hydrogens is 190 g/mol. The molecule has 15 heavy (non-hydrogen) atoms. The lowest BCUT2D eigenvalue weighted by Gasteiger charge is -2.34. The summed E-state index contributed by atoms with van der Waals surface area (Å²) in [6.07, 6.45) is 1.15. The number of aliphatic hydroxyl groups is 1. The first-order chi connectivity index (χ1) is 7.27. The molecule has 1 fully saturated rings. The fourth-order valence-electron chi connectivity index (χ4n) is 1.82. The van der Waals surface area contributed by atoms with Gasteiger partial charge in [-0.3, -0.25) is 4.90 Å². The molecule has 0 radical (unpaired) electrons. The molecule has 0 saturated carbocycles. The summed E-state index contributed by atoms with van der Waals surface area (Å²) in [5.41, 5.74) is 0. The lowest BCUT2D eigenvalue weighted by molar-refractivity contribution is -0.0864. The average molecular weight is 211 g/mol. The molecule has 1 saturated heterocycles. The molecule has 0 aromatic rings. The smallest absolute Gasteiger partial charge is 0.0970 e. The van der Waals surface area contributed by atoms with Gasteiger partial charge in [-0.15, -0.1) is 11.8 Å². The molecular formula is C12H21NO2. The quantitative estimate of drug-likeness (QED) is 0.700. The van der Waals surface area contributed by atoms with Crippen LogP contribution in [-0.2, 0) is 4.74 Å². The summed E-state index contributed by atoms with van der Waals surface area (Å²) in [6.45, 7) is 7.59. The fourth-order valence-corrected chi connectivity index (χ4v) is 1.82. The van der Waals surface area contributed by atoms with Gasteiger partial charge in [0.15, 0.2) is 0 Å². The maximum Gasteiger partial charge on any atom is 0.0970 e. The van der Waals surface area contributed by atoms with Gasteiger partial charge in [-0.05, 0) is 19.9 Å². The molecule has 0 aromatic carbocycles. The van der Waals surface area contributed by atoms with Crippen LogP contribution < -0.4 is 0 Å². The van der Waals surface area contributed by atoms with Gasteiger partial charge in [0.1, 0.15) is 0 Å². The van der Waals surface area contributed by atoms with Crippen molar-refractivity contribution in [3.05, 3.63) is 0 Å². The summed E-state index contributed by atoms with van der Waals surface area (Å²) >= 11 is 0. The molecule has 1 aliphatic heterocycles. The van der Waals surface area contributed by atoms with Crippen molar-refractivity contribution in [2.45, 2.75) is 38.9 Å². The normalized spacial score (nSPS) is 24.3. The first-order valence-corrected chi connectivity index (χ1v) is 5.69. The summed E-state index contributed by atoms with van der Waals surface area (Å²) in [7, 11) is 0. The summed E-state index contributed by atoms with van der Waals surface area (Å²) in [4.78, 5) is 2.34. The number of hydrogen-bond donors (Lipinski definition) is 1. The van der Waals surface area contributed by atoms with Crippen molar-refractivity contribution >= 4 is 0 Å². The Morgan fingerprint density at radius 2 is 2.40 bits per heavy atom. The van der Waals surface area contributed by atoms with Crippen molar-refractivity contribution < 1.29 is 9.84 Å². The molecule has 86 valence electrons. The third-order valence-corrected chi connectivity index (χ3v) is 2.63. The topological polar surface area (TPSA) is 32.7 Å².